The Balaban J connectivity index is 2.02. The molecule has 2 N–H and O–H groups in total. The number of halogens is 3. The molecule has 2 rings (SSSR count). The molecule has 5 nitrogen and oxygen atoms in total. The standard InChI is InChI=1S/C11H14F3N3O2S/c12-11(13,14)8-6-20-10(16-8)15-7-2-1-3-17(4-5-18)9(7)19/h6-7,18H,1-5H2,(H,15,16). The molecule has 1 aromatic rings. The average molecular weight is 309 g/mol. The van der Waals surface area contributed by atoms with Gasteiger partial charge in [0.2, 0.25) is 5.91 Å². The number of piperidine rings is 1. The summed E-state index contributed by atoms with van der Waals surface area (Å²) >= 11 is 0.824. The van der Waals surface area contributed by atoms with Gasteiger partial charge in [0.25, 0.3) is 0 Å². The summed E-state index contributed by atoms with van der Waals surface area (Å²) in [7, 11) is 0. The van der Waals surface area contributed by atoms with Gasteiger partial charge in [-0.2, -0.15) is 13.2 Å². The second kappa shape index (κ2) is 5.96. The maximum atomic E-state index is 12.4. The number of anilines is 1. The van der Waals surface area contributed by atoms with Crippen molar-refractivity contribution in [2.75, 3.05) is 25.0 Å². The van der Waals surface area contributed by atoms with Crippen molar-refractivity contribution in [2.24, 2.45) is 0 Å². The van der Waals surface area contributed by atoms with Gasteiger partial charge in [-0.15, -0.1) is 11.3 Å². The predicted molar refractivity (Wildman–Crippen MR) is 67.4 cm³/mol. The number of nitrogens with zero attached hydrogens (tertiary/aromatic N) is 2. The Hall–Kier alpha value is -1.35. The molecule has 1 saturated heterocycles. The van der Waals surface area contributed by atoms with Crippen molar-refractivity contribution in [2.45, 2.75) is 25.1 Å². The fraction of sp³-hybridized carbons (Fsp3) is 0.636. The van der Waals surface area contributed by atoms with Crippen LogP contribution in [0.1, 0.15) is 18.5 Å². The molecule has 0 aliphatic carbocycles. The van der Waals surface area contributed by atoms with Crippen LogP contribution >= 0.6 is 11.3 Å². The molecule has 0 saturated carbocycles. The number of β-amino-alcohol motifs (C(OH)–C–C–N with tert-alkyl or cyclic N) is 1. The van der Waals surface area contributed by atoms with Gasteiger partial charge in [-0.25, -0.2) is 4.98 Å². The van der Waals surface area contributed by atoms with E-state index in [4.69, 9.17) is 5.11 Å². The highest BCUT2D eigenvalue weighted by Crippen LogP contribution is 2.32. The van der Waals surface area contributed by atoms with Gasteiger partial charge in [0.05, 0.1) is 6.61 Å². The summed E-state index contributed by atoms with van der Waals surface area (Å²) in [5.74, 6) is -0.214. The molecule has 1 aliphatic rings. The highest BCUT2D eigenvalue weighted by atomic mass is 32.1. The molecule has 112 valence electrons. The van der Waals surface area contributed by atoms with Crippen LogP contribution in [0.25, 0.3) is 0 Å². The number of hydrogen-bond acceptors (Lipinski definition) is 5. The lowest BCUT2D eigenvalue weighted by Crippen LogP contribution is -2.48. The number of thiazole rings is 1. The Morgan fingerprint density at radius 1 is 1.55 bits per heavy atom. The lowest BCUT2D eigenvalue weighted by molar-refractivity contribution is -0.140. The van der Waals surface area contributed by atoms with E-state index < -0.39 is 17.9 Å². The average Bonchev–Trinajstić information content (AvgIpc) is 2.83. The number of alkyl halides is 3. The van der Waals surface area contributed by atoms with Crippen molar-refractivity contribution >= 4 is 22.4 Å². The third kappa shape index (κ3) is 3.40. The number of amides is 1. The molecule has 0 aromatic carbocycles. The minimum absolute atomic E-state index is 0.0847. The maximum Gasteiger partial charge on any atom is 0.434 e. The van der Waals surface area contributed by atoms with Crippen molar-refractivity contribution in [3.05, 3.63) is 11.1 Å². The van der Waals surface area contributed by atoms with E-state index in [-0.39, 0.29) is 24.2 Å². The molecule has 0 radical (unpaired) electrons. The van der Waals surface area contributed by atoms with Crippen LogP contribution < -0.4 is 5.32 Å². The van der Waals surface area contributed by atoms with Crippen LogP contribution in [-0.4, -0.2) is 46.6 Å². The number of rotatable bonds is 4. The first-order chi connectivity index (χ1) is 9.41. The van der Waals surface area contributed by atoms with E-state index in [1.807, 2.05) is 0 Å². The highest BCUT2D eigenvalue weighted by Gasteiger charge is 2.35. The summed E-state index contributed by atoms with van der Waals surface area (Å²) < 4.78 is 37.3. The zero-order valence-electron chi connectivity index (χ0n) is 10.5. The smallest absolute Gasteiger partial charge is 0.395 e. The van der Waals surface area contributed by atoms with Crippen LogP contribution in [0.15, 0.2) is 5.38 Å². The normalized spacial score (nSPS) is 20.3. The molecule has 1 amide bonds. The Bertz CT molecular complexity index is 476. The molecule has 9 heteroatoms. The largest absolute Gasteiger partial charge is 0.434 e. The molecule has 0 bridgehead atoms. The lowest BCUT2D eigenvalue weighted by atomic mass is 10.1. The van der Waals surface area contributed by atoms with E-state index in [9.17, 15) is 18.0 Å². The number of aliphatic hydroxyl groups excluding tert-OH is 1. The van der Waals surface area contributed by atoms with Crippen molar-refractivity contribution in [3.63, 3.8) is 0 Å². The molecule has 1 atom stereocenters. The first kappa shape index (κ1) is 15.0. The minimum Gasteiger partial charge on any atom is -0.395 e. The van der Waals surface area contributed by atoms with E-state index in [1.165, 1.54) is 4.90 Å². The van der Waals surface area contributed by atoms with Crippen molar-refractivity contribution < 1.29 is 23.1 Å². The van der Waals surface area contributed by atoms with Crippen LogP contribution in [-0.2, 0) is 11.0 Å². The topological polar surface area (TPSA) is 65.5 Å². The summed E-state index contributed by atoms with van der Waals surface area (Å²) in [6.07, 6.45) is -3.20. The highest BCUT2D eigenvalue weighted by molar-refractivity contribution is 7.13. The molecule has 1 unspecified atom stereocenters. The first-order valence-corrected chi connectivity index (χ1v) is 6.98. The fourth-order valence-corrected chi connectivity index (χ4v) is 2.81. The summed E-state index contributed by atoms with van der Waals surface area (Å²) in [4.78, 5) is 17.0. The van der Waals surface area contributed by atoms with Gasteiger partial charge < -0.3 is 15.3 Å². The number of likely N-dealkylation sites (tertiary alicyclic amines) is 1. The number of aromatic nitrogens is 1. The number of aliphatic hydroxyl groups is 1. The Kier molecular flexibility index (Phi) is 4.48. The van der Waals surface area contributed by atoms with E-state index in [2.05, 4.69) is 10.3 Å². The Morgan fingerprint density at radius 3 is 2.90 bits per heavy atom. The van der Waals surface area contributed by atoms with Gasteiger partial charge in [-0.3, -0.25) is 4.79 Å². The van der Waals surface area contributed by atoms with E-state index in [0.717, 1.165) is 23.1 Å². The minimum atomic E-state index is -4.48. The maximum absolute atomic E-state index is 12.4. The van der Waals surface area contributed by atoms with Gasteiger partial charge in [-0.1, -0.05) is 0 Å². The molecule has 1 fully saturated rings. The van der Waals surface area contributed by atoms with Crippen molar-refractivity contribution in [1.29, 1.82) is 0 Å². The lowest BCUT2D eigenvalue weighted by Gasteiger charge is -2.32. The summed E-state index contributed by atoms with van der Waals surface area (Å²) in [5, 5.41) is 12.6. The monoisotopic (exact) mass is 309 g/mol. The second-order valence-corrected chi connectivity index (χ2v) is 5.28. The molecule has 1 aromatic heterocycles. The van der Waals surface area contributed by atoms with Gasteiger partial charge in [0.1, 0.15) is 6.04 Å². The predicted octanol–water partition coefficient (Wildman–Crippen LogP) is 1.56. The molecule has 20 heavy (non-hydrogen) atoms. The van der Waals surface area contributed by atoms with Crippen molar-refractivity contribution in [3.8, 4) is 0 Å². The first-order valence-electron chi connectivity index (χ1n) is 6.10. The molecular weight excluding hydrogens is 295 g/mol. The molecular formula is C11H14F3N3O2S. The van der Waals surface area contributed by atoms with Gasteiger partial charge in [0, 0.05) is 18.5 Å². The Labute approximate surface area is 117 Å². The van der Waals surface area contributed by atoms with E-state index in [1.54, 1.807) is 0 Å². The Morgan fingerprint density at radius 2 is 2.30 bits per heavy atom. The van der Waals surface area contributed by atoms with Crippen molar-refractivity contribution in [1.82, 2.24) is 9.88 Å². The second-order valence-electron chi connectivity index (χ2n) is 4.42. The zero-order chi connectivity index (χ0) is 14.8. The molecule has 1 aliphatic heterocycles. The summed E-state index contributed by atoms with van der Waals surface area (Å²) in [6, 6.07) is -0.581. The van der Waals surface area contributed by atoms with Gasteiger partial charge in [-0.05, 0) is 12.8 Å². The van der Waals surface area contributed by atoms with Gasteiger partial charge >= 0.3 is 6.18 Å². The number of carbonyl (C=O) groups excluding carboxylic acids is 1. The van der Waals surface area contributed by atoms with Gasteiger partial charge in [0.15, 0.2) is 10.8 Å². The molecule has 2 heterocycles. The summed E-state index contributed by atoms with van der Waals surface area (Å²) in [5.41, 5.74) is -0.958. The third-order valence-corrected chi connectivity index (χ3v) is 3.77. The van der Waals surface area contributed by atoms with E-state index >= 15 is 0 Å². The van der Waals surface area contributed by atoms with Crippen LogP contribution in [0.4, 0.5) is 18.3 Å². The SMILES string of the molecule is O=C1C(Nc2nc(C(F)(F)F)cs2)CCCN1CCO. The third-order valence-electron chi connectivity index (χ3n) is 2.99. The van der Waals surface area contributed by atoms with Crippen LogP contribution in [0, 0.1) is 0 Å². The summed E-state index contributed by atoms with van der Waals surface area (Å²) in [6.45, 7) is 0.667. The van der Waals surface area contributed by atoms with E-state index in [0.29, 0.717) is 13.0 Å². The van der Waals surface area contributed by atoms with Crippen LogP contribution in [0.5, 0.6) is 0 Å². The number of carbonyl (C=O) groups is 1. The van der Waals surface area contributed by atoms with Crippen LogP contribution in [0.3, 0.4) is 0 Å². The quantitative estimate of drug-likeness (QED) is 0.886. The zero-order valence-corrected chi connectivity index (χ0v) is 11.3. The number of nitrogens with one attached hydrogen (secondary N) is 1. The fourth-order valence-electron chi connectivity index (χ4n) is 2.04. The van der Waals surface area contributed by atoms with Crippen LogP contribution in [0.2, 0.25) is 0 Å². The molecule has 0 spiro atoms. The number of hydrogen-bond donors (Lipinski definition) is 2.